The van der Waals surface area contributed by atoms with E-state index in [0.29, 0.717) is 18.4 Å². The van der Waals surface area contributed by atoms with E-state index >= 15 is 9.59 Å². The predicted octanol–water partition coefficient (Wildman–Crippen LogP) is 10.9. The highest BCUT2D eigenvalue weighted by Crippen LogP contribution is 2.59. The SMILES string of the molecule is CC(=O)OC[C@H]1O[C@@H](Oc2ccc(C(=O)Oc3c4c(c(CC=C(C)C)c5c3C(=O)C3=CC(C)C(=O)C(O)(C/C=C(/C)C(=O)N(C)C(C)C(=O)NCc6cccc7ccccc67)C3(C(C)C(C)C)O5)OC(C)(CCC=C(C)C)C=C4)cc2)[C@H](OC(C)=O)[C@@H](OC(C)=O)[C@@H]1OC(C)=O. The lowest BCUT2D eigenvalue weighted by Gasteiger charge is -2.56. The summed E-state index contributed by atoms with van der Waals surface area (Å²) >= 11 is 0. The van der Waals surface area contributed by atoms with E-state index in [-0.39, 0.29) is 69.7 Å². The summed E-state index contributed by atoms with van der Waals surface area (Å²) in [6.45, 7) is 24.1. The van der Waals surface area contributed by atoms with Crippen LogP contribution in [0.15, 0.2) is 119 Å². The van der Waals surface area contributed by atoms with Gasteiger partial charge in [0.2, 0.25) is 24.2 Å². The molecule has 0 bridgehead atoms. The third-order valence-corrected chi connectivity index (χ3v) is 18.1. The monoisotopic (exact) mass is 1320 g/mol. The van der Waals surface area contributed by atoms with E-state index in [9.17, 15) is 38.7 Å². The van der Waals surface area contributed by atoms with E-state index < -0.39 is 132 Å². The molecule has 1 saturated heterocycles. The molecular formula is C75H88N2O19. The predicted molar refractivity (Wildman–Crippen MR) is 356 cm³/mol. The molecule has 2 amide bonds. The Balaban J connectivity index is 1.20. The molecule has 96 heavy (non-hydrogen) atoms. The normalized spacial score (nSPS) is 24.0. The van der Waals surface area contributed by atoms with Gasteiger partial charge in [-0.2, -0.15) is 0 Å². The number of esters is 5. The third kappa shape index (κ3) is 15.4. The minimum absolute atomic E-state index is 0.0149. The molecule has 0 aromatic heterocycles. The second-order valence-electron chi connectivity index (χ2n) is 26.2. The minimum atomic E-state index is -2.55. The fourth-order valence-electron chi connectivity index (χ4n) is 12.6. The van der Waals surface area contributed by atoms with Crippen molar-refractivity contribution < 1.29 is 90.9 Å². The molecule has 21 nitrogen and oxygen atoms in total. The van der Waals surface area contributed by atoms with Gasteiger partial charge in [-0.3, -0.25) is 38.4 Å². The number of nitrogens with zero attached hydrogens (tertiary/aromatic N) is 1. The highest BCUT2D eigenvalue weighted by Gasteiger charge is 2.69. The van der Waals surface area contributed by atoms with Gasteiger partial charge in [0.15, 0.2) is 40.7 Å². The Morgan fingerprint density at radius 2 is 1.39 bits per heavy atom. The average Bonchev–Trinajstić information content (AvgIpc) is 0.682. The van der Waals surface area contributed by atoms with Crippen LogP contribution >= 0.6 is 0 Å². The van der Waals surface area contributed by atoms with Gasteiger partial charge < -0.3 is 58.0 Å². The van der Waals surface area contributed by atoms with E-state index in [1.54, 1.807) is 26.8 Å². The Kier molecular flexibility index (Phi) is 22.6. The van der Waals surface area contributed by atoms with Crippen LogP contribution in [-0.2, 0) is 70.2 Å². The molecule has 512 valence electrons. The number of rotatable bonds is 23. The van der Waals surface area contributed by atoms with Crippen LogP contribution in [0.4, 0.5) is 0 Å². The van der Waals surface area contributed by atoms with Crippen molar-refractivity contribution in [2.75, 3.05) is 13.7 Å². The molecule has 8 rings (SSSR count). The molecule has 4 aliphatic rings. The lowest BCUT2D eigenvalue weighted by atomic mass is 9.56. The van der Waals surface area contributed by atoms with Crippen LogP contribution < -0.4 is 24.3 Å². The highest BCUT2D eigenvalue weighted by atomic mass is 16.7. The Bertz CT molecular complexity index is 3880. The van der Waals surface area contributed by atoms with Gasteiger partial charge in [0.1, 0.15) is 47.2 Å². The maximum Gasteiger partial charge on any atom is 0.343 e. The van der Waals surface area contributed by atoms with E-state index in [1.807, 2.05) is 103 Å². The Morgan fingerprint density at radius 3 is 2.02 bits per heavy atom. The molecule has 3 heterocycles. The van der Waals surface area contributed by atoms with Crippen LogP contribution in [0, 0.1) is 17.8 Å². The minimum Gasteiger partial charge on any atom is -0.482 e. The number of ether oxygens (including phenoxy) is 9. The molecule has 3 aliphatic heterocycles. The Morgan fingerprint density at radius 1 is 0.750 bits per heavy atom. The molecule has 1 fully saturated rings. The largest absolute Gasteiger partial charge is 0.482 e. The van der Waals surface area contributed by atoms with Gasteiger partial charge in [-0.15, -0.1) is 0 Å². The van der Waals surface area contributed by atoms with Crippen molar-refractivity contribution in [3.05, 3.63) is 147 Å². The summed E-state index contributed by atoms with van der Waals surface area (Å²) in [6, 6.07) is 18.1. The molecule has 0 spiro atoms. The number of hydrogen-bond acceptors (Lipinski definition) is 19. The number of Topliss-reactive ketones (excluding diaryl/α,β-unsaturated/α-hetero) is 2. The van der Waals surface area contributed by atoms with Gasteiger partial charge in [-0.25, -0.2) is 4.79 Å². The fourth-order valence-corrected chi connectivity index (χ4v) is 12.6. The number of fused-ring (bicyclic) bond motifs is 4. The van der Waals surface area contributed by atoms with Gasteiger partial charge in [-0.1, -0.05) is 106 Å². The highest BCUT2D eigenvalue weighted by molar-refractivity contribution is 6.19. The quantitative estimate of drug-likeness (QED) is 0.0230. The van der Waals surface area contributed by atoms with Crippen LogP contribution in [-0.4, -0.2) is 130 Å². The number of ketones is 2. The number of allylic oxidation sites excluding steroid dienone is 5. The zero-order valence-corrected chi connectivity index (χ0v) is 57.5. The maximum absolute atomic E-state index is 16.3. The number of nitrogens with one attached hydrogen (secondary N) is 1. The molecule has 0 saturated carbocycles. The first-order valence-corrected chi connectivity index (χ1v) is 32.3. The number of amides is 2. The van der Waals surface area contributed by atoms with E-state index in [4.69, 9.17) is 42.6 Å². The van der Waals surface area contributed by atoms with Crippen molar-refractivity contribution in [3.63, 3.8) is 0 Å². The average molecular weight is 1320 g/mol. The number of carbonyl (C=O) groups is 9. The van der Waals surface area contributed by atoms with Crippen molar-refractivity contribution in [1.29, 1.82) is 0 Å². The number of aliphatic hydroxyl groups is 1. The number of carbonyl (C=O) groups excluding carboxylic acids is 9. The summed E-state index contributed by atoms with van der Waals surface area (Å²) in [6.07, 6.45) is 3.82. The van der Waals surface area contributed by atoms with Gasteiger partial charge in [0, 0.05) is 76.3 Å². The van der Waals surface area contributed by atoms with E-state index in [0.717, 1.165) is 55.2 Å². The Hall–Kier alpha value is -9.21. The molecule has 4 aromatic carbocycles. The number of benzene rings is 4. The van der Waals surface area contributed by atoms with Crippen LogP contribution in [0.1, 0.15) is 161 Å². The molecule has 4 aromatic rings. The van der Waals surface area contributed by atoms with Gasteiger partial charge >= 0.3 is 29.8 Å². The van der Waals surface area contributed by atoms with Crippen LogP contribution in [0.2, 0.25) is 0 Å². The summed E-state index contributed by atoms with van der Waals surface area (Å²) in [5, 5.41) is 18.7. The molecule has 1 aliphatic carbocycles. The first kappa shape index (κ1) is 72.6. The summed E-state index contributed by atoms with van der Waals surface area (Å²) in [5.41, 5.74) is -2.39. The van der Waals surface area contributed by atoms with Gasteiger partial charge in [0.25, 0.3) is 0 Å². The zero-order chi connectivity index (χ0) is 70.5. The summed E-state index contributed by atoms with van der Waals surface area (Å²) in [7, 11) is 1.50. The van der Waals surface area contributed by atoms with Crippen molar-refractivity contribution in [2.24, 2.45) is 17.8 Å². The third-order valence-electron chi connectivity index (χ3n) is 18.1. The zero-order valence-electron chi connectivity index (χ0n) is 57.5. The maximum atomic E-state index is 16.3. The second kappa shape index (κ2) is 29.8. The van der Waals surface area contributed by atoms with E-state index in [1.165, 1.54) is 55.3 Å². The summed E-state index contributed by atoms with van der Waals surface area (Å²) in [4.78, 5) is 125. The van der Waals surface area contributed by atoms with Gasteiger partial charge in [-0.05, 0) is 126 Å². The van der Waals surface area contributed by atoms with Crippen LogP contribution in [0.5, 0.6) is 23.0 Å². The van der Waals surface area contributed by atoms with Crippen LogP contribution in [0.25, 0.3) is 16.8 Å². The van der Waals surface area contributed by atoms with Crippen molar-refractivity contribution in [2.45, 2.75) is 190 Å². The number of likely N-dealkylation sites (N-methyl/N-ethyl adjacent to an activating group) is 1. The summed E-state index contributed by atoms with van der Waals surface area (Å²) < 4.78 is 55.3. The van der Waals surface area contributed by atoms with Crippen molar-refractivity contribution in [3.8, 4) is 23.0 Å². The standard InChI is InChI=1S/C75H88N2O19/c1-40(2)21-20-34-73(15)35-33-57-62(95-73)56(31-26-41(3)4)64-60(63(57)94-71(86)52-27-29-54(30-28-52)92-72-67(91-50(14)81)66(90-49(13)80)65(89-48(12)79)59(93-72)39-88-47(11)78)61(82)58-37-44(8)68(83)74(87,75(58,96-64)45(9)42(5)6)36-32-43(7)70(85)77(16)46(10)69(84)76-38-53-24-19-23-51-22-17-18-25-55(51)53/h17-19,21-30,32-33,35,37,42,44-46,59,65-67,72,87H,20,31,34,36,38-39H2,1-16H3,(H,76,84)/b43-32-/t44?,45?,46?,59-,65-,66+,67-,72-,73?,74?,75?/m1/s1. The lowest BCUT2D eigenvalue weighted by molar-refractivity contribution is -0.288. The fraction of sp³-hybridized carbons (Fsp3) is 0.453. The van der Waals surface area contributed by atoms with Crippen molar-refractivity contribution in [1.82, 2.24) is 10.2 Å². The Labute approximate surface area is 560 Å². The first-order chi connectivity index (χ1) is 45.2. The molecular weight excluding hydrogens is 1230 g/mol. The topological polar surface area (TPSA) is 272 Å². The van der Waals surface area contributed by atoms with E-state index in [2.05, 4.69) is 11.4 Å². The molecule has 0 radical (unpaired) electrons. The number of hydrogen-bond donors (Lipinski definition) is 2. The second-order valence-corrected chi connectivity index (χ2v) is 26.2. The van der Waals surface area contributed by atoms with Crippen molar-refractivity contribution >= 4 is 70.1 Å². The smallest absolute Gasteiger partial charge is 0.343 e. The molecule has 21 heteroatoms. The van der Waals surface area contributed by atoms with Gasteiger partial charge in [0.05, 0.1) is 11.1 Å². The first-order valence-electron chi connectivity index (χ1n) is 32.3. The molecule has 2 N–H and O–H groups in total. The molecule has 11 atom stereocenters. The van der Waals surface area contributed by atoms with Crippen LogP contribution in [0.3, 0.4) is 0 Å². The molecule has 6 unspecified atom stereocenters. The lowest BCUT2D eigenvalue weighted by Crippen LogP contribution is -2.72. The summed E-state index contributed by atoms with van der Waals surface area (Å²) in [5.74, 6) is -8.92.